The second-order valence-electron chi connectivity index (χ2n) is 4.59. The number of nitrogens with zero attached hydrogens (tertiary/aromatic N) is 1. The number of benzene rings is 1. The first-order valence-corrected chi connectivity index (χ1v) is 6.29. The Morgan fingerprint density at radius 3 is 2.53 bits per heavy atom. The first-order valence-electron chi connectivity index (χ1n) is 6.29. The highest BCUT2D eigenvalue weighted by Crippen LogP contribution is 2.15. The van der Waals surface area contributed by atoms with Gasteiger partial charge in [0.15, 0.2) is 0 Å². The molecule has 102 valence electrons. The zero-order valence-corrected chi connectivity index (χ0v) is 11.4. The minimum absolute atomic E-state index is 0.443. The number of rotatable bonds is 6. The predicted octanol–water partition coefficient (Wildman–Crippen LogP) is 2.38. The zero-order valence-electron chi connectivity index (χ0n) is 11.4. The van der Waals surface area contributed by atoms with Gasteiger partial charge in [-0.25, -0.2) is 0 Å². The average molecular weight is 260 g/mol. The lowest BCUT2D eigenvalue weighted by molar-refractivity contribution is 0.315. The lowest BCUT2D eigenvalue weighted by atomic mass is 10.2. The van der Waals surface area contributed by atoms with Gasteiger partial charge in [-0.15, -0.1) is 0 Å². The zero-order chi connectivity index (χ0) is 13.7. The van der Waals surface area contributed by atoms with Gasteiger partial charge in [0.1, 0.15) is 11.5 Å². The first-order chi connectivity index (χ1) is 9.22. The van der Waals surface area contributed by atoms with Crippen LogP contribution >= 0.6 is 0 Å². The molecule has 0 aliphatic heterocycles. The monoisotopic (exact) mass is 260 g/mol. The van der Waals surface area contributed by atoms with E-state index < -0.39 is 0 Å². The molecule has 0 saturated carbocycles. The third-order valence-electron chi connectivity index (χ3n) is 3.07. The molecule has 0 radical (unpaired) electrons. The number of methoxy groups -OCH3 is 1. The summed E-state index contributed by atoms with van der Waals surface area (Å²) in [6.07, 6.45) is 1.69. The van der Waals surface area contributed by atoms with E-state index in [1.54, 1.807) is 13.4 Å². The fourth-order valence-electron chi connectivity index (χ4n) is 2.08. The SMILES string of the molecule is COc1ccc(CN(C)Cc2ccoc2CN)cc1. The topological polar surface area (TPSA) is 51.6 Å². The number of nitrogens with two attached hydrogens (primary N) is 1. The number of hydrogen-bond acceptors (Lipinski definition) is 4. The van der Waals surface area contributed by atoms with Gasteiger partial charge < -0.3 is 14.9 Å². The Morgan fingerprint density at radius 2 is 1.89 bits per heavy atom. The van der Waals surface area contributed by atoms with Crippen LogP contribution in [0.3, 0.4) is 0 Å². The summed E-state index contributed by atoms with van der Waals surface area (Å²) < 4.78 is 10.5. The minimum atomic E-state index is 0.443. The van der Waals surface area contributed by atoms with Gasteiger partial charge in [-0.2, -0.15) is 0 Å². The molecule has 0 saturated heterocycles. The molecule has 4 heteroatoms. The van der Waals surface area contributed by atoms with Crippen LogP contribution < -0.4 is 10.5 Å². The van der Waals surface area contributed by atoms with E-state index in [-0.39, 0.29) is 0 Å². The largest absolute Gasteiger partial charge is 0.497 e. The van der Waals surface area contributed by atoms with Crippen molar-refractivity contribution in [1.29, 1.82) is 0 Å². The highest BCUT2D eigenvalue weighted by atomic mass is 16.5. The van der Waals surface area contributed by atoms with Crippen LogP contribution in [0.4, 0.5) is 0 Å². The van der Waals surface area contributed by atoms with Gasteiger partial charge in [0.25, 0.3) is 0 Å². The van der Waals surface area contributed by atoms with Crippen molar-refractivity contribution in [2.75, 3.05) is 14.2 Å². The molecule has 0 bridgehead atoms. The molecule has 1 heterocycles. The van der Waals surface area contributed by atoms with Crippen LogP contribution in [-0.4, -0.2) is 19.1 Å². The Hall–Kier alpha value is -1.78. The second-order valence-corrected chi connectivity index (χ2v) is 4.59. The van der Waals surface area contributed by atoms with Crippen molar-refractivity contribution >= 4 is 0 Å². The summed E-state index contributed by atoms with van der Waals surface area (Å²) in [5.74, 6) is 1.74. The molecule has 2 N–H and O–H groups in total. The van der Waals surface area contributed by atoms with Crippen LogP contribution in [-0.2, 0) is 19.6 Å². The van der Waals surface area contributed by atoms with Crippen LogP contribution in [0.25, 0.3) is 0 Å². The van der Waals surface area contributed by atoms with Crippen molar-refractivity contribution in [2.24, 2.45) is 5.73 Å². The summed E-state index contributed by atoms with van der Waals surface area (Å²) in [6.45, 7) is 2.15. The predicted molar refractivity (Wildman–Crippen MR) is 74.8 cm³/mol. The van der Waals surface area contributed by atoms with E-state index in [1.165, 1.54) is 5.56 Å². The van der Waals surface area contributed by atoms with Gasteiger partial charge in [-0.3, -0.25) is 4.90 Å². The van der Waals surface area contributed by atoms with Crippen molar-refractivity contribution in [1.82, 2.24) is 4.90 Å². The Morgan fingerprint density at radius 1 is 1.16 bits per heavy atom. The molecule has 1 aromatic carbocycles. The summed E-state index contributed by atoms with van der Waals surface area (Å²) in [7, 11) is 3.76. The molecule has 19 heavy (non-hydrogen) atoms. The van der Waals surface area contributed by atoms with Crippen molar-refractivity contribution in [3.63, 3.8) is 0 Å². The van der Waals surface area contributed by atoms with Crippen LogP contribution in [0.2, 0.25) is 0 Å². The molecule has 0 amide bonds. The molecule has 0 atom stereocenters. The second kappa shape index (κ2) is 6.41. The summed E-state index contributed by atoms with van der Waals surface area (Å²) in [5, 5.41) is 0. The molecule has 2 aromatic rings. The van der Waals surface area contributed by atoms with Crippen LogP contribution in [0.1, 0.15) is 16.9 Å². The fourth-order valence-corrected chi connectivity index (χ4v) is 2.08. The molecule has 2 rings (SSSR count). The third kappa shape index (κ3) is 3.59. The summed E-state index contributed by atoms with van der Waals surface area (Å²) in [4.78, 5) is 2.23. The molecule has 1 aromatic heterocycles. The van der Waals surface area contributed by atoms with E-state index >= 15 is 0 Å². The number of ether oxygens (including phenoxy) is 1. The Bertz CT molecular complexity index is 505. The van der Waals surface area contributed by atoms with Crippen LogP contribution in [0.5, 0.6) is 5.75 Å². The minimum Gasteiger partial charge on any atom is -0.497 e. The summed E-state index contributed by atoms with van der Waals surface area (Å²) in [6, 6.07) is 10.1. The normalized spacial score (nSPS) is 10.9. The molecular formula is C15H20N2O2. The quantitative estimate of drug-likeness (QED) is 0.866. The molecule has 0 spiro atoms. The van der Waals surface area contributed by atoms with Crippen molar-refractivity contribution in [2.45, 2.75) is 19.6 Å². The van der Waals surface area contributed by atoms with E-state index in [4.69, 9.17) is 14.9 Å². The van der Waals surface area contributed by atoms with Gasteiger partial charge >= 0.3 is 0 Å². The highest BCUT2D eigenvalue weighted by molar-refractivity contribution is 5.27. The average Bonchev–Trinajstić information content (AvgIpc) is 2.86. The first kappa shape index (κ1) is 13.6. The Labute approximate surface area is 113 Å². The molecule has 0 aliphatic carbocycles. The Balaban J connectivity index is 1.95. The lowest BCUT2D eigenvalue weighted by Gasteiger charge is -2.16. The smallest absolute Gasteiger partial charge is 0.121 e. The molecule has 4 nitrogen and oxygen atoms in total. The lowest BCUT2D eigenvalue weighted by Crippen LogP contribution is -2.18. The molecule has 0 aliphatic rings. The molecular weight excluding hydrogens is 240 g/mol. The number of furan rings is 1. The van der Waals surface area contributed by atoms with Crippen molar-refractivity contribution in [3.05, 3.63) is 53.5 Å². The molecule has 0 fully saturated rings. The van der Waals surface area contributed by atoms with E-state index in [0.29, 0.717) is 6.54 Å². The van der Waals surface area contributed by atoms with Gasteiger partial charge in [-0.05, 0) is 30.8 Å². The van der Waals surface area contributed by atoms with Crippen molar-refractivity contribution < 1.29 is 9.15 Å². The van der Waals surface area contributed by atoms with Crippen LogP contribution in [0, 0.1) is 0 Å². The van der Waals surface area contributed by atoms with Crippen molar-refractivity contribution in [3.8, 4) is 5.75 Å². The summed E-state index contributed by atoms with van der Waals surface area (Å²) >= 11 is 0. The van der Waals surface area contributed by atoms with Crippen LogP contribution in [0.15, 0.2) is 41.0 Å². The van der Waals surface area contributed by atoms with E-state index in [2.05, 4.69) is 24.1 Å². The Kier molecular flexibility index (Phi) is 4.60. The van der Waals surface area contributed by atoms with E-state index in [0.717, 1.165) is 30.2 Å². The van der Waals surface area contributed by atoms with Gasteiger partial charge in [0.2, 0.25) is 0 Å². The maximum atomic E-state index is 5.63. The van der Waals surface area contributed by atoms with E-state index in [9.17, 15) is 0 Å². The molecule has 0 unspecified atom stereocenters. The maximum absolute atomic E-state index is 5.63. The van der Waals surface area contributed by atoms with Gasteiger partial charge in [0, 0.05) is 18.7 Å². The standard InChI is InChI=1S/C15H20N2O2/c1-17(11-13-7-8-19-15(13)9-16)10-12-3-5-14(18-2)6-4-12/h3-8H,9-11,16H2,1-2H3. The van der Waals surface area contributed by atoms with Gasteiger partial charge in [0.05, 0.1) is 19.9 Å². The number of hydrogen-bond donors (Lipinski definition) is 1. The van der Waals surface area contributed by atoms with E-state index in [1.807, 2.05) is 18.2 Å². The maximum Gasteiger partial charge on any atom is 0.121 e. The summed E-state index contributed by atoms with van der Waals surface area (Å²) in [5.41, 5.74) is 8.03. The fraction of sp³-hybridized carbons (Fsp3) is 0.333. The highest BCUT2D eigenvalue weighted by Gasteiger charge is 2.08. The van der Waals surface area contributed by atoms with Gasteiger partial charge in [-0.1, -0.05) is 12.1 Å². The third-order valence-corrected chi connectivity index (χ3v) is 3.07.